The minimum absolute atomic E-state index is 0.243. The molecule has 1 atom stereocenters. The van der Waals surface area contributed by atoms with Crippen LogP contribution in [0.4, 0.5) is 0 Å². The molecule has 0 aliphatic heterocycles. The van der Waals surface area contributed by atoms with Crippen molar-refractivity contribution >= 4 is 21.7 Å². The third kappa shape index (κ3) is 2.42. The molecule has 0 bridgehead atoms. The van der Waals surface area contributed by atoms with E-state index in [9.17, 15) is 8.42 Å². The summed E-state index contributed by atoms with van der Waals surface area (Å²) in [5.41, 5.74) is 0. The Morgan fingerprint density at radius 3 is 2.20 bits per heavy atom. The van der Waals surface area contributed by atoms with E-state index in [4.69, 9.17) is 16.2 Å². The molecule has 6 heteroatoms. The van der Waals surface area contributed by atoms with Crippen molar-refractivity contribution in [2.24, 2.45) is 0 Å². The number of halogens is 1. The van der Waals surface area contributed by atoms with E-state index in [0.717, 1.165) is 6.92 Å². The highest BCUT2D eigenvalue weighted by Crippen LogP contribution is 2.20. The molecule has 0 amide bonds. The number of alkyl halides is 1. The average Bonchev–Trinajstić information content (AvgIpc) is 1.61. The second-order valence-corrected chi connectivity index (χ2v) is 4.92. The van der Waals surface area contributed by atoms with Crippen molar-refractivity contribution in [2.45, 2.75) is 11.1 Å². The molecule has 0 rings (SSSR count). The van der Waals surface area contributed by atoms with Crippen LogP contribution < -0.4 is 0 Å². The van der Waals surface area contributed by atoms with Crippen molar-refractivity contribution in [3.05, 3.63) is 0 Å². The molecule has 10 heavy (non-hydrogen) atoms. The summed E-state index contributed by atoms with van der Waals surface area (Å²) >= 11 is 5.35. The van der Waals surface area contributed by atoms with Crippen LogP contribution in [0.3, 0.4) is 0 Å². The van der Waals surface area contributed by atoms with Crippen LogP contribution >= 0.6 is 11.6 Å². The SMILES string of the molecule is COCC(C)(Cl)S(=O)(=O)O. The maximum absolute atomic E-state index is 10.4. The van der Waals surface area contributed by atoms with Crippen LogP contribution in [0.5, 0.6) is 0 Å². The Balaban J connectivity index is 4.42. The van der Waals surface area contributed by atoms with Gasteiger partial charge in [-0.3, -0.25) is 4.55 Å². The van der Waals surface area contributed by atoms with Gasteiger partial charge >= 0.3 is 0 Å². The second-order valence-electron chi connectivity index (χ2n) is 2.01. The first-order valence-corrected chi connectivity index (χ1v) is 4.28. The lowest BCUT2D eigenvalue weighted by atomic mass is 10.5. The molecule has 0 aromatic carbocycles. The zero-order valence-electron chi connectivity index (χ0n) is 5.67. The summed E-state index contributed by atoms with van der Waals surface area (Å²) in [5, 5.41) is 0. The fourth-order valence-corrected chi connectivity index (χ4v) is 0.708. The number of hydrogen-bond acceptors (Lipinski definition) is 3. The van der Waals surface area contributed by atoms with E-state index in [2.05, 4.69) is 4.74 Å². The molecular weight excluding hydrogens is 180 g/mol. The van der Waals surface area contributed by atoms with Crippen molar-refractivity contribution in [1.82, 2.24) is 0 Å². The molecule has 1 N–H and O–H groups in total. The van der Waals surface area contributed by atoms with Crippen LogP contribution in [-0.4, -0.2) is 30.9 Å². The molecular formula is C4H9ClO4S. The van der Waals surface area contributed by atoms with Gasteiger partial charge in [0.2, 0.25) is 0 Å². The van der Waals surface area contributed by atoms with Crippen LogP contribution in [0, 0.1) is 0 Å². The number of rotatable bonds is 3. The highest BCUT2D eigenvalue weighted by molar-refractivity contribution is 7.88. The Bertz CT molecular complexity index is 195. The van der Waals surface area contributed by atoms with Gasteiger partial charge in [0.15, 0.2) is 4.21 Å². The zero-order chi connectivity index (χ0) is 8.41. The lowest BCUT2D eigenvalue weighted by Crippen LogP contribution is -2.33. The van der Waals surface area contributed by atoms with Gasteiger partial charge in [0.05, 0.1) is 6.61 Å². The first-order valence-electron chi connectivity index (χ1n) is 2.46. The molecule has 0 radical (unpaired) electrons. The number of ether oxygens (including phenoxy) is 1. The molecule has 62 valence electrons. The normalized spacial score (nSPS) is 18.4. The molecule has 1 unspecified atom stereocenters. The van der Waals surface area contributed by atoms with E-state index in [1.54, 1.807) is 0 Å². The van der Waals surface area contributed by atoms with Gasteiger partial charge in [0.1, 0.15) is 0 Å². The lowest BCUT2D eigenvalue weighted by molar-refractivity contribution is 0.188. The van der Waals surface area contributed by atoms with E-state index in [1.165, 1.54) is 7.11 Å². The standard InChI is InChI=1S/C4H9ClO4S/c1-4(5,3-9-2)10(6,7)8/h3H2,1-2H3,(H,6,7,8). The summed E-state index contributed by atoms with van der Waals surface area (Å²) < 4.78 is 31.9. The zero-order valence-corrected chi connectivity index (χ0v) is 7.24. The average molecular weight is 189 g/mol. The fraction of sp³-hybridized carbons (Fsp3) is 1.00. The first-order chi connectivity index (χ1) is 4.31. The predicted octanol–water partition coefficient (Wildman–Crippen LogP) is 0.476. The Morgan fingerprint density at radius 2 is 2.10 bits per heavy atom. The van der Waals surface area contributed by atoms with Gasteiger partial charge in [0, 0.05) is 7.11 Å². The quantitative estimate of drug-likeness (QED) is 0.517. The van der Waals surface area contributed by atoms with Gasteiger partial charge in [-0.2, -0.15) is 8.42 Å². The predicted molar refractivity (Wildman–Crippen MR) is 37.7 cm³/mol. The van der Waals surface area contributed by atoms with Crippen molar-refractivity contribution in [2.75, 3.05) is 13.7 Å². The van der Waals surface area contributed by atoms with Crippen molar-refractivity contribution in [3.63, 3.8) is 0 Å². The molecule has 0 spiro atoms. The van der Waals surface area contributed by atoms with Crippen LogP contribution in [0.1, 0.15) is 6.92 Å². The third-order valence-electron chi connectivity index (χ3n) is 0.940. The largest absolute Gasteiger partial charge is 0.382 e. The van der Waals surface area contributed by atoms with Crippen molar-refractivity contribution < 1.29 is 17.7 Å². The minimum atomic E-state index is -4.22. The van der Waals surface area contributed by atoms with Crippen molar-refractivity contribution in [3.8, 4) is 0 Å². The smallest absolute Gasteiger partial charge is 0.286 e. The van der Waals surface area contributed by atoms with Crippen LogP contribution in [0.2, 0.25) is 0 Å². The minimum Gasteiger partial charge on any atom is -0.382 e. The highest BCUT2D eigenvalue weighted by atomic mass is 35.5. The summed E-state index contributed by atoms with van der Waals surface area (Å²) in [7, 11) is -2.93. The van der Waals surface area contributed by atoms with Gasteiger partial charge < -0.3 is 4.74 Å². The molecule has 0 aromatic heterocycles. The molecule has 0 aliphatic rings. The Labute approximate surface area is 64.9 Å². The molecule has 0 aliphatic carbocycles. The van der Waals surface area contributed by atoms with Gasteiger partial charge in [-0.25, -0.2) is 0 Å². The topological polar surface area (TPSA) is 63.6 Å². The Hall–Kier alpha value is 0.160. The van der Waals surface area contributed by atoms with Crippen molar-refractivity contribution in [1.29, 1.82) is 0 Å². The van der Waals surface area contributed by atoms with E-state index in [1.807, 2.05) is 0 Å². The summed E-state index contributed by atoms with van der Waals surface area (Å²) in [6.07, 6.45) is 0. The second kappa shape index (κ2) is 3.04. The van der Waals surface area contributed by atoms with Crippen LogP contribution in [0.25, 0.3) is 0 Å². The Morgan fingerprint density at radius 1 is 1.70 bits per heavy atom. The fourth-order valence-electron chi connectivity index (χ4n) is 0.332. The maximum atomic E-state index is 10.4. The van der Waals surface area contributed by atoms with Gasteiger partial charge in [0.25, 0.3) is 10.1 Å². The monoisotopic (exact) mass is 188 g/mol. The molecule has 0 saturated heterocycles. The molecule has 0 heterocycles. The molecule has 4 nitrogen and oxygen atoms in total. The first kappa shape index (κ1) is 10.2. The summed E-state index contributed by atoms with van der Waals surface area (Å²) in [6.45, 7) is 0.917. The molecule has 0 aromatic rings. The highest BCUT2D eigenvalue weighted by Gasteiger charge is 2.35. The van der Waals surface area contributed by atoms with E-state index in [-0.39, 0.29) is 6.61 Å². The molecule has 0 saturated carbocycles. The number of hydrogen-bond donors (Lipinski definition) is 1. The van der Waals surface area contributed by atoms with E-state index >= 15 is 0 Å². The maximum Gasteiger partial charge on any atom is 0.286 e. The third-order valence-corrected chi connectivity index (χ3v) is 2.83. The summed E-state index contributed by atoms with van der Waals surface area (Å²) in [5.74, 6) is 0. The Kier molecular flexibility index (Phi) is 3.09. The van der Waals surface area contributed by atoms with Crippen LogP contribution in [-0.2, 0) is 14.9 Å². The summed E-state index contributed by atoms with van der Waals surface area (Å²) in [6, 6.07) is 0. The van der Waals surface area contributed by atoms with E-state index in [0.29, 0.717) is 0 Å². The van der Waals surface area contributed by atoms with Gasteiger partial charge in [-0.05, 0) is 6.92 Å². The van der Waals surface area contributed by atoms with Crippen LogP contribution in [0.15, 0.2) is 0 Å². The lowest BCUT2D eigenvalue weighted by Gasteiger charge is -2.15. The van der Waals surface area contributed by atoms with Gasteiger partial charge in [-0.15, -0.1) is 0 Å². The van der Waals surface area contributed by atoms with E-state index < -0.39 is 14.3 Å². The van der Waals surface area contributed by atoms with Gasteiger partial charge in [-0.1, -0.05) is 11.6 Å². The summed E-state index contributed by atoms with van der Waals surface area (Å²) in [4.78, 5) is 0. The molecule has 0 fully saturated rings. The number of methoxy groups -OCH3 is 1.